The van der Waals surface area contributed by atoms with Crippen LogP contribution in [0.2, 0.25) is 0 Å². The zero-order chi connectivity index (χ0) is 21.6. The molecule has 0 saturated carbocycles. The second-order valence-electron chi connectivity index (χ2n) is 7.66. The fraction of sp³-hybridized carbons (Fsp3) is 0.455. The third-order valence-corrected chi connectivity index (χ3v) is 5.65. The molecule has 9 heteroatoms. The summed E-state index contributed by atoms with van der Waals surface area (Å²) in [6.07, 6.45) is 3.31. The van der Waals surface area contributed by atoms with E-state index in [1.165, 1.54) is 6.20 Å². The van der Waals surface area contributed by atoms with Crippen LogP contribution in [-0.2, 0) is 0 Å². The van der Waals surface area contributed by atoms with Crippen LogP contribution in [0.1, 0.15) is 27.8 Å². The highest BCUT2D eigenvalue weighted by molar-refractivity contribution is 5.96. The van der Waals surface area contributed by atoms with Gasteiger partial charge in [0.2, 0.25) is 0 Å². The summed E-state index contributed by atoms with van der Waals surface area (Å²) in [7, 11) is 0. The summed E-state index contributed by atoms with van der Waals surface area (Å²) < 4.78 is 0. The fourth-order valence-corrected chi connectivity index (χ4v) is 3.96. The Bertz CT molecular complexity index is 904. The van der Waals surface area contributed by atoms with Crippen molar-refractivity contribution >= 4 is 23.3 Å². The van der Waals surface area contributed by atoms with Gasteiger partial charge in [-0.25, -0.2) is 4.98 Å². The number of aromatic nitrogens is 2. The van der Waals surface area contributed by atoms with Crippen LogP contribution in [0.3, 0.4) is 0 Å². The maximum absolute atomic E-state index is 12.9. The quantitative estimate of drug-likeness (QED) is 0.739. The number of piperazine rings is 2. The van der Waals surface area contributed by atoms with Gasteiger partial charge in [0.25, 0.3) is 11.8 Å². The van der Waals surface area contributed by atoms with E-state index >= 15 is 0 Å². The summed E-state index contributed by atoms with van der Waals surface area (Å²) in [5.41, 5.74) is 1.90. The molecule has 31 heavy (non-hydrogen) atoms. The van der Waals surface area contributed by atoms with E-state index in [1.54, 1.807) is 18.3 Å². The Morgan fingerprint density at radius 1 is 0.968 bits per heavy atom. The van der Waals surface area contributed by atoms with Gasteiger partial charge in [0.15, 0.2) is 5.82 Å². The zero-order valence-corrected chi connectivity index (χ0v) is 17.9. The Morgan fingerprint density at radius 2 is 1.71 bits per heavy atom. The van der Waals surface area contributed by atoms with E-state index in [0.717, 1.165) is 31.1 Å². The van der Waals surface area contributed by atoms with Gasteiger partial charge < -0.3 is 25.3 Å². The molecular weight excluding hydrogens is 394 g/mol. The lowest BCUT2D eigenvalue weighted by Gasteiger charge is -2.36. The molecule has 2 saturated heterocycles. The lowest BCUT2D eigenvalue weighted by molar-refractivity contribution is 0.0724. The van der Waals surface area contributed by atoms with Gasteiger partial charge in [0.05, 0.1) is 11.3 Å². The summed E-state index contributed by atoms with van der Waals surface area (Å²) in [6, 6.07) is 7.31. The molecule has 0 bridgehead atoms. The Labute approximate surface area is 182 Å². The van der Waals surface area contributed by atoms with E-state index in [1.807, 2.05) is 21.9 Å². The molecule has 2 fully saturated rings. The molecule has 2 aromatic heterocycles. The number of nitrogens with zero attached hydrogens (tertiary/aromatic N) is 5. The molecular formula is C22H29N7O2. The molecule has 0 aliphatic carbocycles. The number of hydrogen-bond acceptors (Lipinski definition) is 7. The number of carbonyl (C=O) groups excluding carboxylic acids is 2. The summed E-state index contributed by atoms with van der Waals surface area (Å²) in [5, 5.41) is 6.58. The Morgan fingerprint density at radius 3 is 2.39 bits per heavy atom. The first-order valence-corrected chi connectivity index (χ1v) is 10.9. The molecule has 164 valence electrons. The van der Waals surface area contributed by atoms with Gasteiger partial charge in [0, 0.05) is 71.3 Å². The van der Waals surface area contributed by atoms with Crippen molar-refractivity contribution in [2.24, 2.45) is 0 Å². The topological polar surface area (TPSA) is 93.7 Å². The van der Waals surface area contributed by atoms with Gasteiger partial charge in [-0.3, -0.25) is 14.6 Å². The van der Waals surface area contributed by atoms with Gasteiger partial charge in [-0.2, -0.15) is 0 Å². The molecule has 4 rings (SSSR count). The van der Waals surface area contributed by atoms with Crippen LogP contribution in [-0.4, -0.2) is 90.5 Å². The zero-order valence-electron chi connectivity index (χ0n) is 17.9. The SMILES string of the molecule is CCNc1cccnc1N1CCN(C(=O)c2ccc(C(=O)N3CCNCC3)cn2)CC1. The van der Waals surface area contributed by atoms with Crippen molar-refractivity contribution in [2.45, 2.75) is 6.92 Å². The number of anilines is 2. The van der Waals surface area contributed by atoms with Crippen LogP contribution in [0.5, 0.6) is 0 Å². The molecule has 2 N–H and O–H groups in total. The normalized spacial score (nSPS) is 16.9. The van der Waals surface area contributed by atoms with Crippen LogP contribution < -0.4 is 15.5 Å². The summed E-state index contributed by atoms with van der Waals surface area (Å²) >= 11 is 0. The monoisotopic (exact) mass is 423 g/mol. The molecule has 9 nitrogen and oxygen atoms in total. The third-order valence-electron chi connectivity index (χ3n) is 5.65. The summed E-state index contributed by atoms with van der Waals surface area (Å²) in [4.78, 5) is 40.1. The first kappa shape index (κ1) is 21.0. The molecule has 0 atom stereocenters. The predicted octanol–water partition coefficient (Wildman–Crippen LogP) is 0.916. The molecule has 2 aliphatic rings. The van der Waals surface area contributed by atoms with Gasteiger partial charge in [-0.15, -0.1) is 0 Å². The van der Waals surface area contributed by atoms with Gasteiger partial charge in [-0.05, 0) is 31.2 Å². The van der Waals surface area contributed by atoms with Crippen molar-refractivity contribution < 1.29 is 9.59 Å². The number of rotatable bonds is 5. The van der Waals surface area contributed by atoms with Crippen LogP contribution >= 0.6 is 0 Å². The van der Waals surface area contributed by atoms with Crippen molar-refractivity contribution in [1.29, 1.82) is 0 Å². The second kappa shape index (κ2) is 9.74. The number of hydrogen-bond donors (Lipinski definition) is 2. The number of carbonyl (C=O) groups is 2. The van der Waals surface area contributed by atoms with Crippen molar-refractivity contribution in [3.63, 3.8) is 0 Å². The molecule has 0 unspecified atom stereocenters. The predicted molar refractivity (Wildman–Crippen MR) is 120 cm³/mol. The van der Waals surface area contributed by atoms with Crippen LogP contribution in [0.25, 0.3) is 0 Å². The lowest BCUT2D eigenvalue weighted by Crippen LogP contribution is -2.49. The smallest absolute Gasteiger partial charge is 0.272 e. The molecule has 0 aromatic carbocycles. The number of pyridine rings is 2. The van der Waals surface area contributed by atoms with E-state index in [4.69, 9.17) is 0 Å². The Kier molecular flexibility index (Phi) is 6.61. The van der Waals surface area contributed by atoms with E-state index in [-0.39, 0.29) is 11.8 Å². The third kappa shape index (κ3) is 4.77. The lowest BCUT2D eigenvalue weighted by atomic mass is 10.2. The van der Waals surface area contributed by atoms with Crippen molar-refractivity contribution in [3.8, 4) is 0 Å². The standard InChI is InChI=1S/C22H29N7O2/c1-2-24-18-4-3-7-25-20(18)27-12-14-29(15-13-27)22(31)19-6-5-17(16-26-19)21(30)28-10-8-23-9-11-28/h3-7,16,23-24H,2,8-15H2,1H3. The van der Waals surface area contributed by atoms with Gasteiger partial charge in [-0.1, -0.05) is 0 Å². The van der Waals surface area contributed by atoms with E-state index in [9.17, 15) is 9.59 Å². The molecule has 2 amide bonds. The van der Waals surface area contributed by atoms with Crippen LogP contribution in [0.15, 0.2) is 36.7 Å². The minimum absolute atomic E-state index is 0.0338. The highest BCUT2D eigenvalue weighted by atomic mass is 16.2. The first-order chi connectivity index (χ1) is 15.2. The highest BCUT2D eigenvalue weighted by Gasteiger charge is 2.25. The minimum Gasteiger partial charge on any atom is -0.382 e. The highest BCUT2D eigenvalue weighted by Crippen LogP contribution is 2.24. The molecule has 0 spiro atoms. The average molecular weight is 424 g/mol. The average Bonchev–Trinajstić information content (AvgIpc) is 2.84. The van der Waals surface area contributed by atoms with E-state index < -0.39 is 0 Å². The van der Waals surface area contributed by atoms with Gasteiger partial charge in [0.1, 0.15) is 5.69 Å². The number of amides is 2. The Balaban J connectivity index is 1.36. The fourth-order valence-electron chi connectivity index (χ4n) is 3.96. The Hall–Kier alpha value is -3.20. The van der Waals surface area contributed by atoms with Gasteiger partial charge >= 0.3 is 0 Å². The van der Waals surface area contributed by atoms with Crippen molar-refractivity contribution in [3.05, 3.63) is 47.9 Å². The molecule has 4 heterocycles. The minimum atomic E-state index is -0.103. The summed E-state index contributed by atoms with van der Waals surface area (Å²) in [5.74, 6) is 0.785. The molecule has 0 radical (unpaired) electrons. The van der Waals surface area contributed by atoms with Crippen molar-refractivity contribution in [2.75, 3.05) is 69.1 Å². The largest absolute Gasteiger partial charge is 0.382 e. The molecule has 2 aromatic rings. The maximum atomic E-state index is 12.9. The molecule has 2 aliphatic heterocycles. The van der Waals surface area contributed by atoms with Crippen molar-refractivity contribution in [1.82, 2.24) is 25.1 Å². The van der Waals surface area contributed by atoms with E-state index in [2.05, 4.69) is 32.4 Å². The summed E-state index contributed by atoms with van der Waals surface area (Å²) in [6.45, 7) is 8.49. The first-order valence-electron chi connectivity index (χ1n) is 10.9. The van der Waals surface area contributed by atoms with Crippen LogP contribution in [0, 0.1) is 0 Å². The second-order valence-corrected chi connectivity index (χ2v) is 7.66. The van der Waals surface area contributed by atoms with E-state index in [0.29, 0.717) is 50.5 Å². The number of nitrogens with one attached hydrogen (secondary N) is 2. The van der Waals surface area contributed by atoms with Crippen LogP contribution in [0.4, 0.5) is 11.5 Å². The maximum Gasteiger partial charge on any atom is 0.272 e.